The Labute approximate surface area is 120 Å². The van der Waals surface area contributed by atoms with Crippen LogP contribution in [0.2, 0.25) is 0 Å². The third-order valence-corrected chi connectivity index (χ3v) is 3.65. The number of nitriles is 1. The van der Waals surface area contributed by atoms with Crippen LogP contribution in [0.1, 0.15) is 6.92 Å². The summed E-state index contributed by atoms with van der Waals surface area (Å²) < 4.78 is 0. The average Bonchev–Trinajstić information content (AvgIpc) is 2.88. The predicted molar refractivity (Wildman–Crippen MR) is 79.3 cm³/mol. The molecule has 0 aliphatic carbocycles. The van der Waals surface area contributed by atoms with E-state index < -0.39 is 5.91 Å². The topological polar surface area (TPSA) is 73.1 Å². The highest BCUT2D eigenvalue weighted by Gasteiger charge is 2.13. The SMILES string of the molecule is C/C(O)=C(\C#N)C(=O)Nc1ccc(-c2ccccc2)s1. The van der Waals surface area contributed by atoms with Crippen molar-refractivity contribution in [2.24, 2.45) is 0 Å². The number of carbonyl (C=O) groups excluding carboxylic acids is 1. The van der Waals surface area contributed by atoms with E-state index in [-0.39, 0.29) is 11.3 Å². The molecule has 4 nitrogen and oxygen atoms in total. The largest absolute Gasteiger partial charge is 0.511 e. The van der Waals surface area contributed by atoms with Gasteiger partial charge in [0.15, 0.2) is 5.57 Å². The molecule has 1 aromatic carbocycles. The number of benzene rings is 1. The molecule has 1 aromatic heterocycles. The van der Waals surface area contributed by atoms with Crippen LogP contribution in [-0.4, -0.2) is 11.0 Å². The van der Waals surface area contributed by atoms with Gasteiger partial charge in [-0.3, -0.25) is 4.79 Å². The first kappa shape index (κ1) is 13.8. The number of hydrogen-bond acceptors (Lipinski definition) is 4. The van der Waals surface area contributed by atoms with E-state index in [4.69, 9.17) is 5.26 Å². The fourth-order valence-corrected chi connectivity index (χ4v) is 2.54. The van der Waals surface area contributed by atoms with Crippen molar-refractivity contribution in [3.05, 3.63) is 53.8 Å². The van der Waals surface area contributed by atoms with Gasteiger partial charge in [0.1, 0.15) is 11.8 Å². The minimum absolute atomic E-state index is 0.278. The third kappa shape index (κ3) is 3.05. The van der Waals surface area contributed by atoms with Crippen molar-refractivity contribution in [1.82, 2.24) is 0 Å². The summed E-state index contributed by atoms with van der Waals surface area (Å²) in [5.41, 5.74) is 0.784. The summed E-state index contributed by atoms with van der Waals surface area (Å²) in [7, 11) is 0. The van der Waals surface area contributed by atoms with Gasteiger partial charge < -0.3 is 10.4 Å². The molecule has 0 bridgehead atoms. The number of anilines is 1. The lowest BCUT2D eigenvalue weighted by atomic mass is 10.2. The van der Waals surface area contributed by atoms with Crippen LogP contribution < -0.4 is 5.32 Å². The molecule has 1 amide bonds. The van der Waals surface area contributed by atoms with Crippen LogP contribution in [0.3, 0.4) is 0 Å². The molecule has 2 aromatic rings. The Balaban J connectivity index is 2.18. The average molecular weight is 284 g/mol. The van der Waals surface area contributed by atoms with Gasteiger partial charge in [-0.15, -0.1) is 11.3 Å². The van der Waals surface area contributed by atoms with Gasteiger partial charge in [-0.1, -0.05) is 30.3 Å². The zero-order chi connectivity index (χ0) is 14.5. The molecule has 0 saturated carbocycles. The molecule has 0 atom stereocenters. The van der Waals surface area contributed by atoms with Crippen LogP contribution in [0.25, 0.3) is 10.4 Å². The zero-order valence-corrected chi connectivity index (χ0v) is 11.6. The van der Waals surface area contributed by atoms with Crippen LogP contribution in [0.5, 0.6) is 0 Å². The number of amides is 1. The van der Waals surface area contributed by atoms with Gasteiger partial charge in [0.05, 0.1) is 5.00 Å². The van der Waals surface area contributed by atoms with Crippen LogP contribution in [0.4, 0.5) is 5.00 Å². The third-order valence-electron chi connectivity index (χ3n) is 2.60. The van der Waals surface area contributed by atoms with Gasteiger partial charge in [-0.05, 0) is 24.6 Å². The van der Waals surface area contributed by atoms with E-state index in [1.807, 2.05) is 36.4 Å². The first-order chi connectivity index (χ1) is 9.61. The summed E-state index contributed by atoms with van der Waals surface area (Å²) in [5.74, 6) is -0.890. The number of aliphatic hydroxyl groups is 1. The molecular weight excluding hydrogens is 272 g/mol. The van der Waals surface area contributed by atoms with E-state index in [1.165, 1.54) is 18.3 Å². The minimum Gasteiger partial charge on any atom is -0.511 e. The molecule has 0 saturated heterocycles. The fraction of sp³-hybridized carbons (Fsp3) is 0.0667. The molecular formula is C15H12N2O2S. The van der Waals surface area contributed by atoms with E-state index in [9.17, 15) is 9.90 Å². The summed E-state index contributed by atoms with van der Waals surface area (Å²) in [6.07, 6.45) is 0. The minimum atomic E-state index is -0.603. The van der Waals surface area contributed by atoms with E-state index in [0.29, 0.717) is 5.00 Å². The van der Waals surface area contributed by atoms with Gasteiger partial charge in [-0.25, -0.2) is 0 Å². The van der Waals surface area contributed by atoms with Crippen LogP contribution in [0.15, 0.2) is 53.8 Å². The number of thiophene rings is 1. The summed E-state index contributed by atoms with van der Waals surface area (Å²) in [4.78, 5) is 12.8. The second kappa shape index (κ2) is 6.04. The van der Waals surface area contributed by atoms with Gasteiger partial charge in [0.2, 0.25) is 0 Å². The lowest BCUT2D eigenvalue weighted by Crippen LogP contribution is -2.13. The van der Waals surface area contributed by atoms with E-state index in [2.05, 4.69) is 5.32 Å². The maximum absolute atomic E-state index is 11.8. The summed E-state index contributed by atoms with van der Waals surface area (Å²) in [5, 5.41) is 21.3. The second-order valence-electron chi connectivity index (χ2n) is 4.06. The van der Waals surface area contributed by atoms with Crippen LogP contribution in [0, 0.1) is 11.3 Å². The normalized spacial score (nSPS) is 11.4. The van der Waals surface area contributed by atoms with Gasteiger partial charge in [0, 0.05) is 4.88 Å². The Hall–Kier alpha value is -2.58. The number of nitrogens with zero attached hydrogens (tertiary/aromatic N) is 1. The number of allylic oxidation sites excluding steroid dienone is 1. The number of hydrogen-bond donors (Lipinski definition) is 2. The molecule has 0 unspecified atom stereocenters. The second-order valence-corrected chi connectivity index (χ2v) is 5.14. The van der Waals surface area contributed by atoms with Crippen LogP contribution >= 0.6 is 11.3 Å². The highest BCUT2D eigenvalue weighted by Crippen LogP contribution is 2.31. The quantitative estimate of drug-likeness (QED) is 0.512. The predicted octanol–water partition coefficient (Wildman–Crippen LogP) is 3.71. The Morgan fingerprint density at radius 2 is 1.95 bits per heavy atom. The molecule has 0 aliphatic rings. The van der Waals surface area contributed by atoms with E-state index in [1.54, 1.807) is 12.1 Å². The van der Waals surface area contributed by atoms with E-state index in [0.717, 1.165) is 10.4 Å². The molecule has 1 heterocycles. The zero-order valence-electron chi connectivity index (χ0n) is 10.8. The standard InChI is InChI=1S/C15H12N2O2S/c1-10(18)12(9-16)15(19)17-14-8-7-13(20-14)11-5-3-2-4-6-11/h2-8,18H,1H3,(H,17,19)/b12-10-. The van der Waals surface area contributed by atoms with Crippen molar-refractivity contribution < 1.29 is 9.90 Å². The number of aliphatic hydroxyl groups excluding tert-OH is 1. The number of carbonyl (C=O) groups is 1. The van der Waals surface area contributed by atoms with E-state index >= 15 is 0 Å². The molecule has 0 radical (unpaired) electrons. The van der Waals surface area contributed by atoms with Gasteiger partial charge in [0.25, 0.3) is 5.91 Å². The smallest absolute Gasteiger partial charge is 0.270 e. The summed E-state index contributed by atoms with van der Waals surface area (Å²) in [6.45, 7) is 1.31. The lowest BCUT2D eigenvalue weighted by Gasteiger charge is -2.01. The maximum Gasteiger partial charge on any atom is 0.270 e. The first-order valence-corrected chi connectivity index (χ1v) is 6.70. The van der Waals surface area contributed by atoms with Crippen molar-refractivity contribution in [2.45, 2.75) is 6.92 Å². The Bertz CT molecular complexity index is 692. The molecule has 100 valence electrons. The van der Waals surface area contributed by atoms with Crippen LogP contribution in [-0.2, 0) is 4.79 Å². The molecule has 0 aliphatic heterocycles. The molecule has 0 fully saturated rings. The molecule has 20 heavy (non-hydrogen) atoms. The van der Waals surface area contributed by atoms with Gasteiger partial charge in [-0.2, -0.15) is 5.26 Å². The number of nitrogens with one attached hydrogen (secondary N) is 1. The monoisotopic (exact) mass is 284 g/mol. The number of rotatable bonds is 3. The summed E-state index contributed by atoms with van der Waals surface area (Å²) in [6, 6.07) is 15.1. The molecule has 2 N–H and O–H groups in total. The highest BCUT2D eigenvalue weighted by atomic mass is 32.1. The van der Waals surface area contributed by atoms with Crippen molar-refractivity contribution in [2.75, 3.05) is 5.32 Å². The highest BCUT2D eigenvalue weighted by molar-refractivity contribution is 7.19. The molecule has 0 spiro atoms. The Morgan fingerprint density at radius 3 is 2.55 bits per heavy atom. The first-order valence-electron chi connectivity index (χ1n) is 5.88. The van der Waals surface area contributed by atoms with Crippen molar-refractivity contribution >= 4 is 22.2 Å². The fourth-order valence-electron chi connectivity index (χ4n) is 1.63. The molecule has 5 heteroatoms. The van der Waals surface area contributed by atoms with Gasteiger partial charge >= 0.3 is 0 Å². The molecule has 2 rings (SSSR count). The van der Waals surface area contributed by atoms with Crippen molar-refractivity contribution in [3.8, 4) is 16.5 Å². The van der Waals surface area contributed by atoms with Crippen molar-refractivity contribution in [1.29, 1.82) is 5.26 Å². The summed E-state index contributed by atoms with van der Waals surface area (Å²) >= 11 is 1.41. The maximum atomic E-state index is 11.8. The Morgan fingerprint density at radius 1 is 1.25 bits per heavy atom. The lowest BCUT2D eigenvalue weighted by molar-refractivity contribution is -0.112. The van der Waals surface area contributed by atoms with Crippen molar-refractivity contribution in [3.63, 3.8) is 0 Å². The Kier molecular flexibility index (Phi) is 4.18.